The lowest BCUT2D eigenvalue weighted by atomic mass is 9.76. The molecule has 0 aromatic carbocycles. The van der Waals surface area contributed by atoms with Crippen molar-refractivity contribution in [1.82, 2.24) is 0 Å². The van der Waals surface area contributed by atoms with E-state index in [0.29, 0.717) is 0 Å². The summed E-state index contributed by atoms with van der Waals surface area (Å²) in [6.07, 6.45) is -6.10. The molecule has 0 aromatic heterocycles. The summed E-state index contributed by atoms with van der Waals surface area (Å²) in [4.78, 5) is 71.0. The Balaban J connectivity index is 3.72. The fraction of sp³-hybridized carbons (Fsp3) is 0.696. The van der Waals surface area contributed by atoms with Crippen LogP contribution in [0, 0.1) is 16.0 Å². The number of carbonyl (C=O) groups is 5. The first-order valence-corrected chi connectivity index (χ1v) is 11.2. The number of esters is 5. The molecule has 0 bridgehead atoms. The summed E-state index contributed by atoms with van der Waals surface area (Å²) in [7, 11) is 0. The number of rotatable bonds is 11. The summed E-state index contributed by atoms with van der Waals surface area (Å²) >= 11 is 0. The van der Waals surface area contributed by atoms with Crippen molar-refractivity contribution >= 4 is 29.8 Å². The molecule has 202 valence electrons. The summed E-state index contributed by atoms with van der Waals surface area (Å²) in [5.41, 5.74) is 1.61. The molecule has 0 amide bonds. The lowest BCUT2D eigenvalue weighted by Gasteiger charge is -2.40. The SMILES string of the molecule is CC(=O)OC[C@@H](OC(C)=O)[C@@H](OC(C)=O)[C@H](OC(C)=O)[C@H](OC(C)=O)[C@H]1CC(C)=C(C)C[C@@H]1[N+](=O)[O-]. The lowest BCUT2D eigenvalue weighted by molar-refractivity contribution is -0.535. The average molecular weight is 516 g/mol. The van der Waals surface area contributed by atoms with Crippen molar-refractivity contribution in [3.8, 4) is 0 Å². The first-order valence-electron chi connectivity index (χ1n) is 11.2. The zero-order valence-corrected chi connectivity index (χ0v) is 21.4. The van der Waals surface area contributed by atoms with E-state index >= 15 is 0 Å². The lowest BCUT2D eigenvalue weighted by Crippen LogP contribution is -2.57. The Morgan fingerprint density at radius 2 is 1.25 bits per heavy atom. The van der Waals surface area contributed by atoms with Crippen LogP contribution in [0.3, 0.4) is 0 Å². The Bertz CT molecular complexity index is 911. The molecule has 1 aliphatic rings. The van der Waals surface area contributed by atoms with Gasteiger partial charge in [-0.1, -0.05) is 11.1 Å². The molecule has 13 heteroatoms. The monoisotopic (exact) mass is 515 g/mol. The van der Waals surface area contributed by atoms with E-state index in [2.05, 4.69) is 0 Å². The molecule has 1 aliphatic carbocycles. The van der Waals surface area contributed by atoms with Gasteiger partial charge >= 0.3 is 29.8 Å². The van der Waals surface area contributed by atoms with Gasteiger partial charge < -0.3 is 23.7 Å². The fourth-order valence-corrected chi connectivity index (χ4v) is 4.13. The molecule has 0 heterocycles. The molecule has 0 aromatic rings. The highest BCUT2D eigenvalue weighted by Crippen LogP contribution is 2.37. The van der Waals surface area contributed by atoms with Gasteiger partial charge in [-0.25, -0.2) is 0 Å². The second-order valence-electron chi connectivity index (χ2n) is 8.66. The van der Waals surface area contributed by atoms with E-state index in [1.54, 1.807) is 13.8 Å². The van der Waals surface area contributed by atoms with Gasteiger partial charge in [-0.3, -0.25) is 34.1 Å². The quantitative estimate of drug-likeness (QED) is 0.128. The van der Waals surface area contributed by atoms with Gasteiger partial charge in [0.1, 0.15) is 6.61 Å². The van der Waals surface area contributed by atoms with Crippen molar-refractivity contribution in [1.29, 1.82) is 0 Å². The summed E-state index contributed by atoms with van der Waals surface area (Å²) in [5.74, 6) is -5.20. The number of carbonyl (C=O) groups excluding carboxylic acids is 5. The van der Waals surface area contributed by atoms with E-state index in [-0.39, 0.29) is 12.8 Å². The predicted octanol–water partition coefficient (Wildman–Crippen LogP) is 1.67. The van der Waals surface area contributed by atoms with E-state index in [4.69, 9.17) is 23.7 Å². The highest BCUT2D eigenvalue weighted by molar-refractivity contribution is 5.69. The van der Waals surface area contributed by atoms with Crippen LogP contribution in [0.25, 0.3) is 0 Å². The van der Waals surface area contributed by atoms with Crippen molar-refractivity contribution in [3.05, 3.63) is 21.3 Å². The van der Waals surface area contributed by atoms with Crippen LogP contribution in [0.2, 0.25) is 0 Å². The molecule has 0 saturated carbocycles. The zero-order chi connectivity index (χ0) is 27.7. The second kappa shape index (κ2) is 13.5. The van der Waals surface area contributed by atoms with Crippen LogP contribution in [0.5, 0.6) is 0 Å². The van der Waals surface area contributed by atoms with Crippen LogP contribution in [0.15, 0.2) is 11.1 Å². The Hall–Kier alpha value is -3.51. The van der Waals surface area contributed by atoms with Gasteiger partial charge in [0.25, 0.3) is 0 Å². The van der Waals surface area contributed by atoms with E-state index in [9.17, 15) is 34.1 Å². The van der Waals surface area contributed by atoms with Gasteiger partial charge in [0.15, 0.2) is 24.4 Å². The number of hydrogen-bond acceptors (Lipinski definition) is 12. The standard InChI is InChI=1S/C23H33NO12/c1-11-8-18(19(24(30)31)9-12(11)2)21(34-15(5)27)23(36-17(7)29)22(35-16(6)28)20(33-14(4)26)10-32-13(3)25/h18-23H,8-10H2,1-7H3/t18-,19-,20+,21+,22+,23+/m0/s1. The minimum absolute atomic E-state index is 0.0487. The number of ether oxygens (including phenoxy) is 5. The molecule has 0 fully saturated rings. The molecular formula is C23H33NO12. The predicted molar refractivity (Wildman–Crippen MR) is 121 cm³/mol. The molecular weight excluding hydrogens is 482 g/mol. The third kappa shape index (κ3) is 9.27. The second-order valence-corrected chi connectivity index (χ2v) is 8.66. The summed E-state index contributed by atoms with van der Waals surface area (Å²) in [6.45, 7) is 8.22. The Labute approximate surface area is 208 Å². The van der Waals surface area contributed by atoms with Gasteiger partial charge in [-0.05, 0) is 20.3 Å². The van der Waals surface area contributed by atoms with Gasteiger partial charge in [0.2, 0.25) is 6.04 Å². The van der Waals surface area contributed by atoms with E-state index in [0.717, 1.165) is 45.8 Å². The number of nitrogens with zero attached hydrogens (tertiary/aromatic N) is 1. The third-order valence-corrected chi connectivity index (χ3v) is 5.66. The van der Waals surface area contributed by atoms with Gasteiger partial charge in [-0.15, -0.1) is 0 Å². The Kier molecular flexibility index (Phi) is 11.5. The van der Waals surface area contributed by atoms with E-state index in [1.165, 1.54) is 0 Å². The fourth-order valence-electron chi connectivity index (χ4n) is 4.13. The van der Waals surface area contributed by atoms with Gasteiger partial charge in [0.05, 0.1) is 5.92 Å². The van der Waals surface area contributed by atoms with Crippen molar-refractivity contribution in [2.45, 2.75) is 91.8 Å². The Morgan fingerprint density at radius 3 is 1.69 bits per heavy atom. The van der Waals surface area contributed by atoms with E-state index < -0.39 is 77.8 Å². The molecule has 13 nitrogen and oxygen atoms in total. The summed E-state index contributed by atoms with van der Waals surface area (Å²) < 4.78 is 26.4. The molecule has 0 unspecified atom stereocenters. The average Bonchev–Trinajstić information content (AvgIpc) is 2.72. The maximum atomic E-state index is 12.1. The van der Waals surface area contributed by atoms with Gasteiger partial charge in [-0.2, -0.15) is 0 Å². The van der Waals surface area contributed by atoms with Crippen molar-refractivity contribution < 1.29 is 52.6 Å². The van der Waals surface area contributed by atoms with Crippen LogP contribution in [0.4, 0.5) is 0 Å². The highest BCUT2D eigenvalue weighted by Gasteiger charge is 2.52. The summed E-state index contributed by atoms with van der Waals surface area (Å²) in [6, 6.07) is -1.23. The number of allylic oxidation sites excluding steroid dienone is 1. The van der Waals surface area contributed by atoms with Gasteiger partial charge in [0, 0.05) is 46.0 Å². The molecule has 0 aliphatic heterocycles. The first kappa shape index (κ1) is 30.5. The smallest absolute Gasteiger partial charge is 0.303 e. The highest BCUT2D eigenvalue weighted by atomic mass is 16.6. The molecule has 0 saturated heterocycles. The molecule has 0 spiro atoms. The molecule has 6 atom stereocenters. The van der Waals surface area contributed by atoms with E-state index in [1.807, 2.05) is 0 Å². The van der Waals surface area contributed by atoms with Crippen molar-refractivity contribution in [2.24, 2.45) is 5.92 Å². The number of nitro groups is 1. The van der Waals surface area contributed by atoms with Crippen LogP contribution < -0.4 is 0 Å². The topological polar surface area (TPSA) is 175 Å². The van der Waals surface area contributed by atoms with Crippen LogP contribution in [-0.2, 0) is 47.7 Å². The molecule has 0 radical (unpaired) electrons. The third-order valence-electron chi connectivity index (χ3n) is 5.66. The van der Waals surface area contributed by atoms with Crippen molar-refractivity contribution in [3.63, 3.8) is 0 Å². The number of hydrogen-bond donors (Lipinski definition) is 0. The Morgan fingerprint density at radius 1 is 0.778 bits per heavy atom. The molecule has 1 rings (SSSR count). The largest absolute Gasteiger partial charge is 0.462 e. The molecule has 36 heavy (non-hydrogen) atoms. The maximum absolute atomic E-state index is 12.1. The zero-order valence-electron chi connectivity index (χ0n) is 21.4. The van der Waals surface area contributed by atoms with Crippen LogP contribution in [-0.4, -0.2) is 71.8 Å². The minimum atomic E-state index is -1.64. The minimum Gasteiger partial charge on any atom is -0.462 e. The normalized spacial score (nSPS) is 20.8. The van der Waals surface area contributed by atoms with Crippen LogP contribution >= 0.6 is 0 Å². The maximum Gasteiger partial charge on any atom is 0.303 e. The first-order chi connectivity index (χ1) is 16.6. The van der Waals surface area contributed by atoms with Crippen LogP contribution in [0.1, 0.15) is 61.3 Å². The molecule has 0 N–H and O–H groups in total. The summed E-state index contributed by atoms with van der Waals surface area (Å²) in [5, 5.41) is 12.0. The van der Waals surface area contributed by atoms with Crippen molar-refractivity contribution in [2.75, 3.05) is 6.61 Å².